The summed E-state index contributed by atoms with van der Waals surface area (Å²) in [5.41, 5.74) is 1.31. The molecule has 0 N–H and O–H groups in total. The minimum absolute atomic E-state index is 0.0576. The van der Waals surface area contributed by atoms with E-state index in [4.69, 9.17) is 0 Å². The lowest BCUT2D eigenvalue weighted by molar-refractivity contribution is 0.0600. The Bertz CT molecular complexity index is 1120. The Morgan fingerprint density at radius 1 is 0.964 bits per heavy atom. The van der Waals surface area contributed by atoms with E-state index in [1.54, 1.807) is 12.1 Å². The van der Waals surface area contributed by atoms with Crippen molar-refractivity contribution < 1.29 is 26.7 Å². The summed E-state index contributed by atoms with van der Waals surface area (Å²) in [4.78, 5) is 11.7. The fourth-order valence-corrected chi connectivity index (χ4v) is 4.11. The van der Waals surface area contributed by atoms with Gasteiger partial charge in [-0.2, -0.15) is 0 Å². The van der Waals surface area contributed by atoms with Crippen molar-refractivity contribution in [2.75, 3.05) is 7.11 Å². The highest BCUT2D eigenvalue weighted by Crippen LogP contribution is 2.26. The quantitative estimate of drug-likeness (QED) is 0.594. The average molecular weight is 402 g/mol. The summed E-state index contributed by atoms with van der Waals surface area (Å²) in [6, 6.07) is 15.1. The molecule has 0 spiro atoms. The van der Waals surface area contributed by atoms with Gasteiger partial charge in [-0.25, -0.2) is 22.0 Å². The Kier molecular flexibility index (Phi) is 5.56. The monoisotopic (exact) mass is 402 g/mol. The molecule has 3 rings (SSSR count). The number of carbonyl (C=O) groups excluding carboxylic acids is 1. The SMILES string of the molecule is COC(=O)c1cccc(CS(=O)(=O)c2ccc(-c3ccc(F)cc3F)cc2)c1. The van der Waals surface area contributed by atoms with Crippen LogP contribution in [0.2, 0.25) is 0 Å². The topological polar surface area (TPSA) is 60.4 Å². The Morgan fingerprint density at radius 3 is 2.32 bits per heavy atom. The second-order valence-corrected chi connectivity index (χ2v) is 8.09. The molecule has 0 unspecified atom stereocenters. The number of benzene rings is 3. The highest BCUT2D eigenvalue weighted by molar-refractivity contribution is 7.90. The van der Waals surface area contributed by atoms with Crippen molar-refractivity contribution in [3.8, 4) is 11.1 Å². The largest absolute Gasteiger partial charge is 0.465 e. The van der Waals surface area contributed by atoms with Crippen LogP contribution in [0.5, 0.6) is 0 Å². The molecule has 0 atom stereocenters. The fourth-order valence-electron chi connectivity index (χ4n) is 2.77. The third-order valence-corrected chi connectivity index (χ3v) is 5.86. The van der Waals surface area contributed by atoms with Crippen molar-refractivity contribution in [1.82, 2.24) is 0 Å². The van der Waals surface area contributed by atoms with Gasteiger partial charge in [0.2, 0.25) is 0 Å². The molecular weight excluding hydrogens is 386 g/mol. The number of hydrogen-bond donors (Lipinski definition) is 0. The number of rotatable bonds is 5. The third-order valence-electron chi connectivity index (χ3n) is 4.16. The lowest BCUT2D eigenvalue weighted by Gasteiger charge is -2.08. The first kappa shape index (κ1) is 19.7. The molecule has 0 saturated heterocycles. The van der Waals surface area contributed by atoms with E-state index >= 15 is 0 Å². The first-order chi connectivity index (χ1) is 13.3. The van der Waals surface area contributed by atoms with Gasteiger partial charge < -0.3 is 4.74 Å². The van der Waals surface area contributed by atoms with E-state index in [0.29, 0.717) is 11.1 Å². The van der Waals surface area contributed by atoms with Crippen LogP contribution in [0.1, 0.15) is 15.9 Å². The van der Waals surface area contributed by atoms with E-state index in [1.807, 2.05) is 0 Å². The number of carbonyl (C=O) groups is 1. The smallest absolute Gasteiger partial charge is 0.337 e. The fraction of sp³-hybridized carbons (Fsp3) is 0.0952. The van der Waals surface area contributed by atoms with Crippen molar-refractivity contribution in [2.45, 2.75) is 10.6 Å². The maximum Gasteiger partial charge on any atom is 0.337 e. The van der Waals surface area contributed by atoms with E-state index in [9.17, 15) is 22.0 Å². The Hall–Kier alpha value is -3.06. The molecule has 7 heteroatoms. The van der Waals surface area contributed by atoms with Crippen LogP contribution in [0.4, 0.5) is 8.78 Å². The number of sulfone groups is 1. The maximum atomic E-state index is 13.9. The summed E-state index contributed by atoms with van der Waals surface area (Å²) in [6.07, 6.45) is 0. The Morgan fingerprint density at radius 2 is 1.68 bits per heavy atom. The molecule has 0 radical (unpaired) electrons. The molecule has 3 aromatic carbocycles. The maximum absolute atomic E-state index is 13.9. The molecule has 0 aliphatic carbocycles. The highest BCUT2D eigenvalue weighted by Gasteiger charge is 2.17. The zero-order chi connectivity index (χ0) is 20.3. The summed E-state index contributed by atoms with van der Waals surface area (Å²) in [7, 11) is -2.44. The standard InChI is InChI=1S/C21H16F2O4S/c1-27-21(24)16-4-2-3-14(11-16)13-28(25,26)18-8-5-15(6-9-18)19-10-7-17(22)12-20(19)23/h2-12H,13H2,1H3. The number of hydrogen-bond acceptors (Lipinski definition) is 4. The van der Waals surface area contributed by atoms with Crippen molar-refractivity contribution in [3.63, 3.8) is 0 Å². The van der Waals surface area contributed by atoms with Gasteiger partial charge in [-0.15, -0.1) is 0 Å². The van der Waals surface area contributed by atoms with Gasteiger partial charge in [0.05, 0.1) is 23.3 Å². The van der Waals surface area contributed by atoms with E-state index in [1.165, 1.54) is 49.6 Å². The molecule has 0 aliphatic heterocycles. The number of halogens is 2. The van der Waals surface area contributed by atoms with Gasteiger partial charge in [-0.3, -0.25) is 0 Å². The first-order valence-electron chi connectivity index (χ1n) is 8.25. The van der Waals surface area contributed by atoms with Crippen LogP contribution in [-0.4, -0.2) is 21.5 Å². The Balaban J connectivity index is 1.86. The predicted molar refractivity (Wildman–Crippen MR) is 100 cm³/mol. The molecule has 0 aromatic heterocycles. The number of methoxy groups -OCH3 is 1. The van der Waals surface area contributed by atoms with Crippen LogP contribution in [0.3, 0.4) is 0 Å². The molecule has 3 aromatic rings. The van der Waals surface area contributed by atoms with Gasteiger partial charge in [0.1, 0.15) is 11.6 Å². The molecule has 144 valence electrons. The first-order valence-corrected chi connectivity index (χ1v) is 9.91. The summed E-state index contributed by atoms with van der Waals surface area (Å²) < 4.78 is 56.9. The minimum atomic E-state index is -3.68. The van der Waals surface area contributed by atoms with E-state index in [-0.39, 0.29) is 21.8 Å². The second kappa shape index (κ2) is 7.90. The van der Waals surface area contributed by atoms with Crippen molar-refractivity contribution in [1.29, 1.82) is 0 Å². The molecule has 28 heavy (non-hydrogen) atoms. The van der Waals surface area contributed by atoms with Gasteiger partial charge in [-0.1, -0.05) is 24.3 Å². The van der Waals surface area contributed by atoms with Gasteiger partial charge >= 0.3 is 5.97 Å². The highest BCUT2D eigenvalue weighted by atomic mass is 32.2. The molecule has 0 aliphatic rings. The number of ether oxygens (including phenoxy) is 1. The van der Waals surface area contributed by atoms with E-state index in [2.05, 4.69) is 4.74 Å². The van der Waals surface area contributed by atoms with Gasteiger partial charge in [0, 0.05) is 11.6 Å². The molecule has 0 heterocycles. The van der Waals surface area contributed by atoms with Crippen LogP contribution >= 0.6 is 0 Å². The van der Waals surface area contributed by atoms with Gasteiger partial charge in [-0.05, 0) is 47.5 Å². The molecule has 0 fully saturated rings. The van der Waals surface area contributed by atoms with Gasteiger partial charge in [0.15, 0.2) is 9.84 Å². The molecule has 0 amide bonds. The summed E-state index contributed by atoms with van der Waals surface area (Å²) >= 11 is 0. The summed E-state index contributed by atoms with van der Waals surface area (Å²) in [5, 5.41) is 0. The third kappa shape index (κ3) is 4.26. The summed E-state index contributed by atoms with van der Waals surface area (Å²) in [5.74, 6) is -2.27. The van der Waals surface area contributed by atoms with Crippen molar-refractivity contribution >= 4 is 15.8 Å². The van der Waals surface area contributed by atoms with Crippen LogP contribution in [0.15, 0.2) is 71.6 Å². The molecule has 4 nitrogen and oxygen atoms in total. The van der Waals surface area contributed by atoms with Crippen LogP contribution in [0, 0.1) is 11.6 Å². The Labute approximate surface area is 161 Å². The van der Waals surface area contributed by atoms with Crippen LogP contribution < -0.4 is 0 Å². The lowest BCUT2D eigenvalue weighted by Crippen LogP contribution is -2.07. The van der Waals surface area contributed by atoms with Crippen LogP contribution in [-0.2, 0) is 20.3 Å². The van der Waals surface area contributed by atoms with Crippen molar-refractivity contribution in [2.24, 2.45) is 0 Å². The zero-order valence-corrected chi connectivity index (χ0v) is 15.7. The molecule has 0 bridgehead atoms. The predicted octanol–water partition coefficient (Wildman–Crippen LogP) is 4.39. The second-order valence-electron chi connectivity index (χ2n) is 6.10. The van der Waals surface area contributed by atoms with Crippen molar-refractivity contribution in [3.05, 3.63) is 89.5 Å². The molecule has 0 saturated carbocycles. The van der Waals surface area contributed by atoms with Gasteiger partial charge in [0.25, 0.3) is 0 Å². The van der Waals surface area contributed by atoms with E-state index in [0.717, 1.165) is 12.1 Å². The lowest BCUT2D eigenvalue weighted by atomic mass is 10.1. The number of esters is 1. The summed E-state index contributed by atoms with van der Waals surface area (Å²) in [6.45, 7) is 0. The average Bonchev–Trinajstić information content (AvgIpc) is 2.67. The normalized spacial score (nSPS) is 11.2. The van der Waals surface area contributed by atoms with Crippen LogP contribution in [0.25, 0.3) is 11.1 Å². The zero-order valence-electron chi connectivity index (χ0n) is 14.9. The van der Waals surface area contributed by atoms with E-state index < -0.39 is 27.4 Å². The minimum Gasteiger partial charge on any atom is -0.465 e. The molecular formula is C21H16F2O4S.